The fraction of sp³-hybridized carbons (Fsp3) is 0.923. The van der Waals surface area contributed by atoms with Crippen molar-refractivity contribution in [2.45, 2.75) is 138 Å². The third-order valence-corrected chi connectivity index (χ3v) is 5.40. The zero-order valence-corrected chi connectivity index (χ0v) is 20.9. The van der Waals surface area contributed by atoms with Crippen molar-refractivity contribution < 1.29 is 19.1 Å². The molecule has 0 amide bonds. The van der Waals surface area contributed by atoms with Crippen molar-refractivity contribution in [1.29, 1.82) is 0 Å². The average molecular weight is 427 g/mol. The molecular formula is C26H50O4. The minimum atomic E-state index is -0.836. The molecule has 0 aliphatic carbocycles. The molecule has 0 aromatic rings. The van der Waals surface area contributed by atoms with Gasteiger partial charge >= 0.3 is 11.9 Å². The van der Waals surface area contributed by atoms with Gasteiger partial charge in [0.1, 0.15) is 0 Å². The summed E-state index contributed by atoms with van der Waals surface area (Å²) in [4.78, 5) is 23.6. The van der Waals surface area contributed by atoms with Gasteiger partial charge in [-0.1, -0.05) is 97.3 Å². The van der Waals surface area contributed by atoms with Crippen molar-refractivity contribution in [3.63, 3.8) is 0 Å². The quantitative estimate of drug-likeness (QED) is 0.167. The molecule has 0 aliphatic heterocycles. The molecule has 4 heteroatoms. The van der Waals surface area contributed by atoms with E-state index in [4.69, 9.17) is 9.47 Å². The zero-order chi connectivity index (χ0) is 22.8. The maximum absolute atomic E-state index is 11.9. The molecule has 4 nitrogen and oxygen atoms in total. The van der Waals surface area contributed by atoms with Crippen LogP contribution in [0.3, 0.4) is 0 Å². The molecule has 0 aromatic heterocycles. The molecular weight excluding hydrogens is 376 g/mol. The highest BCUT2D eigenvalue weighted by Crippen LogP contribution is 2.17. The normalized spacial score (nSPS) is 12.8. The Bertz CT molecular complexity index is 437. The van der Waals surface area contributed by atoms with Crippen molar-refractivity contribution in [2.75, 3.05) is 6.61 Å². The monoisotopic (exact) mass is 426 g/mol. The van der Waals surface area contributed by atoms with E-state index in [-0.39, 0.29) is 5.97 Å². The number of rotatable bonds is 18. The van der Waals surface area contributed by atoms with Crippen LogP contribution >= 0.6 is 0 Å². The molecule has 0 N–H and O–H groups in total. The summed E-state index contributed by atoms with van der Waals surface area (Å²) in [7, 11) is 0. The maximum atomic E-state index is 11.9. The summed E-state index contributed by atoms with van der Waals surface area (Å²) < 4.78 is 10.4. The lowest BCUT2D eigenvalue weighted by molar-refractivity contribution is -0.171. The van der Waals surface area contributed by atoms with E-state index in [0.717, 1.165) is 18.8 Å². The van der Waals surface area contributed by atoms with Crippen LogP contribution in [0, 0.1) is 11.3 Å². The van der Waals surface area contributed by atoms with Crippen LogP contribution in [-0.4, -0.2) is 24.6 Å². The molecule has 0 spiro atoms. The average Bonchev–Trinajstić information content (AvgIpc) is 2.66. The van der Waals surface area contributed by atoms with Crippen LogP contribution in [0.4, 0.5) is 0 Å². The van der Waals surface area contributed by atoms with Gasteiger partial charge in [0.15, 0.2) is 6.10 Å². The largest absolute Gasteiger partial charge is 0.463 e. The Labute approximate surface area is 186 Å². The van der Waals surface area contributed by atoms with Gasteiger partial charge in [-0.25, -0.2) is 4.79 Å². The lowest BCUT2D eigenvalue weighted by Crippen LogP contribution is -2.32. The Balaban J connectivity index is 3.38. The maximum Gasteiger partial charge on any atom is 0.347 e. The minimum absolute atomic E-state index is 0.381. The first-order chi connectivity index (χ1) is 14.1. The fourth-order valence-corrected chi connectivity index (χ4v) is 3.27. The van der Waals surface area contributed by atoms with Gasteiger partial charge in [0.2, 0.25) is 0 Å². The molecule has 0 fully saturated rings. The van der Waals surface area contributed by atoms with Crippen LogP contribution < -0.4 is 0 Å². The summed E-state index contributed by atoms with van der Waals surface area (Å²) in [6.07, 6.45) is 17.4. The van der Waals surface area contributed by atoms with Crippen molar-refractivity contribution >= 4 is 11.9 Å². The second-order valence-electron chi connectivity index (χ2n) is 10.2. The first-order valence-corrected chi connectivity index (χ1v) is 12.5. The number of esters is 2. The first kappa shape index (κ1) is 28.9. The summed E-state index contributed by atoms with van der Waals surface area (Å²) in [5.74, 6) is 0.0229. The summed E-state index contributed by atoms with van der Waals surface area (Å²) in [5, 5.41) is 0. The van der Waals surface area contributed by atoms with Gasteiger partial charge in [0.05, 0.1) is 12.0 Å². The van der Waals surface area contributed by atoms with Gasteiger partial charge in [-0.15, -0.1) is 0 Å². The highest BCUT2D eigenvalue weighted by atomic mass is 16.6. The van der Waals surface area contributed by atoms with E-state index in [1.807, 2.05) is 0 Å². The van der Waals surface area contributed by atoms with Crippen molar-refractivity contribution in [3.05, 3.63) is 0 Å². The van der Waals surface area contributed by atoms with Crippen LogP contribution in [0.1, 0.15) is 131 Å². The van der Waals surface area contributed by atoms with Crippen LogP contribution in [-0.2, 0) is 19.1 Å². The molecule has 0 aromatic carbocycles. The van der Waals surface area contributed by atoms with E-state index >= 15 is 0 Å². The SMILES string of the molecule is CC(C)CCCCCCCCCCCCCCCOC(=O)C(C)OC(=O)C(C)(C)C. The van der Waals surface area contributed by atoms with Crippen LogP contribution in [0.25, 0.3) is 0 Å². The molecule has 0 saturated heterocycles. The van der Waals surface area contributed by atoms with Crippen molar-refractivity contribution in [2.24, 2.45) is 11.3 Å². The molecule has 1 atom stereocenters. The van der Waals surface area contributed by atoms with E-state index in [1.165, 1.54) is 77.0 Å². The van der Waals surface area contributed by atoms with Gasteiger partial charge in [-0.3, -0.25) is 4.79 Å². The second kappa shape index (κ2) is 17.6. The second-order valence-corrected chi connectivity index (χ2v) is 10.2. The van der Waals surface area contributed by atoms with Gasteiger partial charge in [0.25, 0.3) is 0 Å². The molecule has 1 unspecified atom stereocenters. The summed E-state index contributed by atoms with van der Waals surface area (Å²) >= 11 is 0. The molecule has 0 bridgehead atoms. The fourth-order valence-electron chi connectivity index (χ4n) is 3.27. The molecule has 0 radical (unpaired) electrons. The third-order valence-electron chi connectivity index (χ3n) is 5.40. The Morgan fingerprint density at radius 1 is 0.667 bits per heavy atom. The summed E-state index contributed by atoms with van der Waals surface area (Å²) in [5.41, 5.74) is -0.609. The molecule has 30 heavy (non-hydrogen) atoms. The molecule has 0 rings (SSSR count). The number of carbonyl (C=O) groups is 2. The lowest BCUT2D eigenvalue weighted by Gasteiger charge is -2.19. The Morgan fingerprint density at radius 2 is 1.07 bits per heavy atom. The number of ether oxygens (including phenoxy) is 2. The van der Waals surface area contributed by atoms with E-state index in [2.05, 4.69) is 13.8 Å². The third kappa shape index (κ3) is 17.8. The smallest absolute Gasteiger partial charge is 0.347 e. The lowest BCUT2D eigenvalue weighted by atomic mass is 9.97. The predicted octanol–water partition coefficient (Wildman–Crippen LogP) is 7.62. The summed E-state index contributed by atoms with van der Waals surface area (Å²) in [6.45, 7) is 11.9. The molecule has 0 aliphatic rings. The van der Waals surface area contributed by atoms with E-state index in [9.17, 15) is 9.59 Å². The minimum Gasteiger partial charge on any atom is -0.463 e. The highest BCUT2D eigenvalue weighted by Gasteiger charge is 2.28. The van der Waals surface area contributed by atoms with Crippen molar-refractivity contribution in [1.82, 2.24) is 0 Å². The van der Waals surface area contributed by atoms with Gasteiger partial charge in [-0.2, -0.15) is 0 Å². The topological polar surface area (TPSA) is 52.6 Å². The van der Waals surface area contributed by atoms with Crippen molar-refractivity contribution in [3.8, 4) is 0 Å². The number of hydrogen-bond acceptors (Lipinski definition) is 4. The van der Waals surface area contributed by atoms with E-state index < -0.39 is 17.5 Å². The van der Waals surface area contributed by atoms with Crippen LogP contribution in [0.15, 0.2) is 0 Å². The highest BCUT2D eigenvalue weighted by molar-refractivity contribution is 5.81. The predicted molar refractivity (Wildman–Crippen MR) is 125 cm³/mol. The molecule has 0 saturated carbocycles. The van der Waals surface area contributed by atoms with Gasteiger partial charge in [-0.05, 0) is 40.0 Å². The standard InChI is InChI=1S/C26H50O4/c1-22(2)20-18-16-14-12-10-8-7-9-11-13-15-17-19-21-29-24(27)23(3)30-25(28)26(4,5)6/h22-23H,7-21H2,1-6H3. The van der Waals surface area contributed by atoms with Crippen LogP contribution in [0.2, 0.25) is 0 Å². The Hall–Kier alpha value is -1.06. The number of carbonyl (C=O) groups excluding carboxylic acids is 2. The zero-order valence-electron chi connectivity index (χ0n) is 20.9. The van der Waals surface area contributed by atoms with E-state index in [0.29, 0.717) is 6.61 Å². The molecule has 178 valence electrons. The Morgan fingerprint density at radius 3 is 1.47 bits per heavy atom. The number of hydrogen-bond donors (Lipinski definition) is 0. The summed E-state index contributed by atoms with van der Waals surface area (Å²) in [6, 6.07) is 0. The first-order valence-electron chi connectivity index (χ1n) is 12.5. The van der Waals surface area contributed by atoms with E-state index in [1.54, 1.807) is 27.7 Å². The van der Waals surface area contributed by atoms with Crippen LogP contribution in [0.5, 0.6) is 0 Å². The van der Waals surface area contributed by atoms with Gasteiger partial charge < -0.3 is 9.47 Å². The Kier molecular flexibility index (Phi) is 17.0. The molecule has 0 heterocycles. The van der Waals surface area contributed by atoms with Gasteiger partial charge in [0, 0.05) is 0 Å². The number of unbranched alkanes of at least 4 members (excludes halogenated alkanes) is 12.